The molecule has 0 bridgehead atoms. The van der Waals surface area contributed by atoms with Crippen molar-refractivity contribution in [2.75, 3.05) is 26.7 Å². The summed E-state index contributed by atoms with van der Waals surface area (Å²) in [4.78, 5) is 2.32. The monoisotopic (exact) mass is 266 g/mol. The van der Waals surface area contributed by atoms with Crippen LogP contribution in [0.5, 0.6) is 0 Å². The van der Waals surface area contributed by atoms with E-state index >= 15 is 0 Å². The third-order valence-electron chi connectivity index (χ3n) is 3.60. The molecule has 1 aliphatic heterocycles. The fourth-order valence-electron chi connectivity index (χ4n) is 2.57. The molecule has 2 heterocycles. The normalized spacial score (nSPS) is 19.5. The van der Waals surface area contributed by atoms with Gasteiger partial charge in [0.2, 0.25) is 0 Å². The van der Waals surface area contributed by atoms with E-state index in [1.807, 2.05) is 6.92 Å². The second-order valence-electron chi connectivity index (χ2n) is 5.41. The topological polar surface area (TPSA) is 37.6 Å². The molecule has 0 saturated carbocycles. The van der Waals surface area contributed by atoms with E-state index in [0.717, 1.165) is 44.3 Å². The highest BCUT2D eigenvalue weighted by atomic mass is 16.5. The summed E-state index contributed by atoms with van der Waals surface area (Å²) < 4.78 is 11.4. The van der Waals surface area contributed by atoms with E-state index in [0.29, 0.717) is 6.10 Å². The van der Waals surface area contributed by atoms with Crippen LogP contribution in [0.3, 0.4) is 0 Å². The number of furan rings is 1. The van der Waals surface area contributed by atoms with E-state index < -0.39 is 0 Å². The molecule has 19 heavy (non-hydrogen) atoms. The lowest BCUT2D eigenvalue weighted by Crippen LogP contribution is -2.28. The Bertz CT molecular complexity index is 383. The average Bonchev–Trinajstić information content (AvgIpc) is 2.98. The zero-order valence-corrected chi connectivity index (χ0v) is 12.4. The molecule has 0 radical (unpaired) electrons. The molecular formula is C15H26N2O2. The molecule has 1 aliphatic rings. The molecular weight excluding hydrogens is 240 g/mol. The maximum absolute atomic E-state index is 5.77. The van der Waals surface area contributed by atoms with Crippen LogP contribution in [0.15, 0.2) is 10.5 Å². The number of rotatable bonds is 7. The number of hydrogen-bond acceptors (Lipinski definition) is 4. The lowest BCUT2D eigenvalue weighted by Gasteiger charge is -2.19. The van der Waals surface area contributed by atoms with E-state index in [9.17, 15) is 0 Å². The molecule has 108 valence electrons. The predicted octanol–water partition coefficient (Wildman–Crippen LogP) is 2.31. The van der Waals surface area contributed by atoms with E-state index in [1.54, 1.807) is 0 Å². The molecule has 0 spiro atoms. The number of ether oxygens (including phenoxy) is 1. The number of aryl methyl sites for hydroxylation is 1. The quantitative estimate of drug-likeness (QED) is 0.822. The van der Waals surface area contributed by atoms with E-state index in [-0.39, 0.29) is 0 Å². The minimum atomic E-state index is 0.415. The Kier molecular flexibility index (Phi) is 5.43. The van der Waals surface area contributed by atoms with Crippen molar-refractivity contribution >= 4 is 0 Å². The molecule has 2 rings (SSSR count). The van der Waals surface area contributed by atoms with Crippen molar-refractivity contribution in [2.24, 2.45) is 0 Å². The van der Waals surface area contributed by atoms with Gasteiger partial charge in [0, 0.05) is 25.3 Å². The maximum Gasteiger partial charge on any atom is 0.118 e. The van der Waals surface area contributed by atoms with Gasteiger partial charge in [0.25, 0.3) is 0 Å². The summed E-state index contributed by atoms with van der Waals surface area (Å²) in [5.74, 6) is 2.06. The molecule has 1 aromatic rings. The molecule has 0 aliphatic carbocycles. The first kappa shape index (κ1) is 14.6. The van der Waals surface area contributed by atoms with Gasteiger partial charge in [-0.1, -0.05) is 6.92 Å². The van der Waals surface area contributed by atoms with Crippen LogP contribution in [-0.4, -0.2) is 37.7 Å². The molecule has 0 amide bonds. The van der Waals surface area contributed by atoms with Crippen LogP contribution in [-0.2, 0) is 17.8 Å². The standard InChI is InChI=1S/C15H26N2O2/c1-4-16-9-15-8-13(12(2)19-15)10-17(3)11-14-6-5-7-18-14/h8,14,16H,4-7,9-11H2,1-3H3. The zero-order chi connectivity index (χ0) is 13.7. The highest BCUT2D eigenvalue weighted by molar-refractivity contribution is 5.20. The van der Waals surface area contributed by atoms with Gasteiger partial charge >= 0.3 is 0 Å². The van der Waals surface area contributed by atoms with Crippen LogP contribution in [0, 0.1) is 6.92 Å². The first-order chi connectivity index (χ1) is 9.19. The van der Waals surface area contributed by atoms with Gasteiger partial charge in [0.1, 0.15) is 11.5 Å². The van der Waals surface area contributed by atoms with Crippen molar-refractivity contribution in [1.29, 1.82) is 0 Å². The Balaban J connectivity index is 1.84. The third-order valence-corrected chi connectivity index (χ3v) is 3.60. The van der Waals surface area contributed by atoms with Gasteiger partial charge in [-0.25, -0.2) is 0 Å². The van der Waals surface area contributed by atoms with Gasteiger partial charge in [-0.15, -0.1) is 0 Å². The van der Waals surface area contributed by atoms with Crippen molar-refractivity contribution in [3.8, 4) is 0 Å². The lowest BCUT2D eigenvalue weighted by atomic mass is 10.2. The SMILES string of the molecule is CCNCc1cc(CN(C)CC2CCCO2)c(C)o1. The molecule has 4 heteroatoms. The number of nitrogens with zero attached hydrogens (tertiary/aromatic N) is 1. The van der Waals surface area contributed by atoms with Crippen molar-refractivity contribution in [1.82, 2.24) is 10.2 Å². The second-order valence-corrected chi connectivity index (χ2v) is 5.41. The van der Waals surface area contributed by atoms with E-state index in [4.69, 9.17) is 9.15 Å². The predicted molar refractivity (Wildman–Crippen MR) is 76.1 cm³/mol. The Morgan fingerprint density at radius 2 is 2.32 bits per heavy atom. The highest BCUT2D eigenvalue weighted by Gasteiger charge is 2.18. The number of hydrogen-bond donors (Lipinski definition) is 1. The van der Waals surface area contributed by atoms with Crippen LogP contribution in [0.4, 0.5) is 0 Å². The van der Waals surface area contributed by atoms with Crippen LogP contribution in [0.25, 0.3) is 0 Å². The summed E-state index contributed by atoms with van der Waals surface area (Å²) in [5.41, 5.74) is 1.29. The first-order valence-corrected chi connectivity index (χ1v) is 7.28. The minimum Gasteiger partial charge on any atom is -0.465 e. The van der Waals surface area contributed by atoms with Crippen molar-refractivity contribution in [3.05, 3.63) is 23.2 Å². The van der Waals surface area contributed by atoms with Crippen LogP contribution in [0.2, 0.25) is 0 Å². The Morgan fingerprint density at radius 3 is 3.00 bits per heavy atom. The molecule has 1 atom stereocenters. The van der Waals surface area contributed by atoms with Gasteiger partial charge in [0.05, 0.1) is 12.6 Å². The lowest BCUT2D eigenvalue weighted by molar-refractivity contribution is 0.0792. The van der Waals surface area contributed by atoms with Gasteiger partial charge in [-0.2, -0.15) is 0 Å². The van der Waals surface area contributed by atoms with Gasteiger partial charge < -0.3 is 14.5 Å². The Morgan fingerprint density at radius 1 is 1.47 bits per heavy atom. The zero-order valence-electron chi connectivity index (χ0n) is 12.4. The summed E-state index contributed by atoms with van der Waals surface area (Å²) >= 11 is 0. The van der Waals surface area contributed by atoms with Crippen LogP contribution >= 0.6 is 0 Å². The average molecular weight is 266 g/mol. The van der Waals surface area contributed by atoms with Gasteiger partial charge in [-0.05, 0) is 39.4 Å². The third kappa shape index (κ3) is 4.34. The molecule has 1 saturated heterocycles. The fourth-order valence-corrected chi connectivity index (χ4v) is 2.57. The summed E-state index contributed by atoms with van der Waals surface area (Å²) in [6, 6.07) is 2.17. The summed E-state index contributed by atoms with van der Waals surface area (Å²) in [5, 5.41) is 3.29. The maximum atomic E-state index is 5.77. The van der Waals surface area contributed by atoms with Crippen LogP contribution < -0.4 is 5.32 Å². The molecule has 4 nitrogen and oxygen atoms in total. The molecule has 1 N–H and O–H groups in total. The van der Waals surface area contributed by atoms with Crippen molar-refractivity contribution < 1.29 is 9.15 Å². The molecule has 1 unspecified atom stereocenters. The summed E-state index contributed by atoms with van der Waals surface area (Å²) in [7, 11) is 2.15. The minimum absolute atomic E-state index is 0.415. The van der Waals surface area contributed by atoms with Crippen LogP contribution in [0.1, 0.15) is 36.8 Å². The van der Waals surface area contributed by atoms with Crippen molar-refractivity contribution in [3.63, 3.8) is 0 Å². The smallest absolute Gasteiger partial charge is 0.118 e. The second kappa shape index (κ2) is 7.08. The van der Waals surface area contributed by atoms with Gasteiger partial charge in [0.15, 0.2) is 0 Å². The number of likely N-dealkylation sites (N-methyl/N-ethyl adjacent to an activating group) is 1. The van der Waals surface area contributed by atoms with Gasteiger partial charge in [-0.3, -0.25) is 4.90 Å². The highest BCUT2D eigenvalue weighted by Crippen LogP contribution is 2.18. The number of nitrogens with one attached hydrogen (secondary N) is 1. The first-order valence-electron chi connectivity index (χ1n) is 7.28. The molecule has 1 aromatic heterocycles. The summed E-state index contributed by atoms with van der Waals surface area (Å²) in [6.07, 6.45) is 2.81. The Hall–Kier alpha value is -0.840. The molecule has 1 fully saturated rings. The van der Waals surface area contributed by atoms with Crippen molar-refractivity contribution in [2.45, 2.75) is 45.9 Å². The molecule has 0 aromatic carbocycles. The largest absolute Gasteiger partial charge is 0.465 e. The summed E-state index contributed by atoms with van der Waals surface area (Å²) in [6.45, 7) is 8.79. The van der Waals surface area contributed by atoms with E-state index in [1.165, 1.54) is 18.4 Å². The Labute approximate surface area is 116 Å². The van der Waals surface area contributed by atoms with E-state index in [2.05, 4.69) is 30.3 Å². The fraction of sp³-hybridized carbons (Fsp3) is 0.733.